The average Bonchev–Trinajstić information content (AvgIpc) is 2.69. The molecule has 1 aromatic heterocycles. The molecule has 2 rings (SSSR count). The van der Waals surface area contributed by atoms with Gasteiger partial charge in [0.1, 0.15) is 0 Å². The molecule has 0 saturated carbocycles. The smallest absolute Gasteiger partial charge is 0.298 e. The molecule has 0 fully saturated rings. The third kappa shape index (κ3) is 2.18. The van der Waals surface area contributed by atoms with Crippen molar-refractivity contribution in [3.05, 3.63) is 29.5 Å². The Kier molecular flexibility index (Phi) is 3.40. The summed E-state index contributed by atoms with van der Waals surface area (Å²) in [5, 5.41) is 4.18. The highest BCUT2D eigenvalue weighted by Gasteiger charge is 2.34. The molecule has 17 heavy (non-hydrogen) atoms. The standard InChI is InChI=1S/C9H5F3IN2OP/c10-9(11,12)7-1-2-8-5(6(7)4-16)3-14-15(8)17-13/h1-4,17H. The minimum absolute atomic E-state index is 0.230. The summed E-state index contributed by atoms with van der Waals surface area (Å²) >= 11 is 2.06. The van der Waals surface area contributed by atoms with Crippen molar-refractivity contribution in [2.24, 2.45) is 0 Å². The summed E-state index contributed by atoms with van der Waals surface area (Å²) in [6, 6.07) is 2.25. The Morgan fingerprint density at radius 3 is 2.65 bits per heavy atom. The Morgan fingerprint density at radius 2 is 2.12 bits per heavy atom. The first-order chi connectivity index (χ1) is 7.99. The van der Waals surface area contributed by atoms with Crippen molar-refractivity contribution < 1.29 is 18.0 Å². The van der Waals surface area contributed by atoms with Crippen LogP contribution in [0.3, 0.4) is 0 Å². The van der Waals surface area contributed by atoms with Crippen LogP contribution in [-0.4, -0.2) is 15.8 Å². The second-order valence-corrected chi connectivity index (χ2v) is 5.26. The Balaban J connectivity index is 2.79. The van der Waals surface area contributed by atoms with Crippen molar-refractivity contribution in [3.8, 4) is 0 Å². The number of benzene rings is 1. The number of aromatic nitrogens is 2. The molecule has 90 valence electrons. The molecule has 1 aromatic carbocycles. The maximum absolute atomic E-state index is 12.7. The number of aldehydes is 1. The van der Waals surface area contributed by atoms with Gasteiger partial charge in [-0.3, -0.25) is 4.79 Å². The molecule has 0 radical (unpaired) electrons. The molecule has 0 aliphatic carbocycles. The van der Waals surface area contributed by atoms with Gasteiger partial charge in [-0.2, -0.15) is 18.3 Å². The minimum atomic E-state index is -4.53. The van der Waals surface area contributed by atoms with Crippen LogP contribution in [0.4, 0.5) is 13.2 Å². The van der Waals surface area contributed by atoms with E-state index >= 15 is 0 Å². The van der Waals surface area contributed by atoms with Crippen LogP contribution < -0.4 is 0 Å². The maximum atomic E-state index is 12.7. The van der Waals surface area contributed by atoms with Gasteiger partial charge in [0.05, 0.1) is 23.7 Å². The van der Waals surface area contributed by atoms with Crippen LogP contribution in [0.25, 0.3) is 10.9 Å². The van der Waals surface area contributed by atoms with E-state index in [9.17, 15) is 18.0 Å². The fraction of sp³-hybridized carbons (Fsp3) is 0.111. The molecule has 3 nitrogen and oxygen atoms in total. The number of fused-ring (bicyclic) bond motifs is 1. The fourth-order valence-electron chi connectivity index (χ4n) is 1.56. The number of halogens is 4. The molecule has 1 atom stereocenters. The number of rotatable bonds is 2. The van der Waals surface area contributed by atoms with Crippen molar-refractivity contribution in [2.45, 2.75) is 6.18 Å². The van der Waals surface area contributed by atoms with Crippen LogP contribution in [0.5, 0.6) is 0 Å². The van der Waals surface area contributed by atoms with Crippen molar-refractivity contribution in [3.63, 3.8) is 0 Å². The number of nitrogens with zero attached hydrogens (tertiary/aromatic N) is 2. The highest BCUT2D eigenvalue weighted by Crippen LogP contribution is 2.36. The molecule has 0 amide bonds. The molecule has 0 spiro atoms. The van der Waals surface area contributed by atoms with Crippen molar-refractivity contribution in [1.29, 1.82) is 0 Å². The van der Waals surface area contributed by atoms with Gasteiger partial charge in [0.2, 0.25) is 0 Å². The van der Waals surface area contributed by atoms with Gasteiger partial charge in [0.15, 0.2) is 6.29 Å². The first-order valence-electron chi connectivity index (χ1n) is 4.39. The minimum Gasteiger partial charge on any atom is -0.298 e. The summed E-state index contributed by atoms with van der Waals surface area (Å²) in [4.78, 5) is 10.8. The van der Waals surface area contributed by atoms with Crippen LogP contribution in [0.1, 0.15) is 15.9 Å². The number of hydrogen-bond donors (Lipinski definition) is 0. The lowest BCUT2D eigenvalue weighted by atomic mass is 10.0. The highest BCUT2D eigenvalue weighted by atomic mass is 127. The first kappa shape index (κ1) is 12.8. The summed E-state index contributed by atoms with van der Waals surface area (Å²) in [6.07, 6.45) is -2.74. The largest absolute Gasteiger partial charge is 0.417 e. The van der Waals surface area contributed by atoms with E-state index in [0.29, 0.717) is 5.52 Å². The monoisotopic (exact) mass is 372 g/mol. The summed E-state index contributed by atoms with van der Waals surface area (Å²) < 4.78 is 39.6. The van der Waals surface area contributed by atoms with E-state index in [-0.39, 0.29) is 23.6 Å². The maximum Gasteiger partial charge on any atom is 0.417 e. The van der Waals surface area contributed by atoms with Gasteiger partial charge in [0, 0.05) is 10.9 Å². The summed E-state index contributed by atoms with van der Waals surface area (Å²) in [5.41, 5.74) is -0.736. The van der Waals surface area contributed by atoms with Gasteiger partial charge in [-0.15, -0.1) is 0 Å². The van der Waals surface area contributed by atoms with E-state index in [1.807, 2.05) is 0 Å². The molecular formula is C9H5F3IN2OP. The molecule has 0 N–H and O–H groups in total. The zero-order chi connectivity index (χ0) is 12.6. The second kappa shape index (κ2) is 4.53. The van der Waals surface area contributed by atoms with Gasteiger partial charge < -0.3 is 0 Å². The van der Waals surface area contributed by atoms with Gasteiger partial charge in [0.25, 0.3) is 0 Å². The van der Waals surface area contributed by atoms with E-state index in [2.05, 4.69) is 27.1 Å². The predicted octanol–water partition coefficient (Wildman–Crippen LogP) is 3.66. The van der Waals surface area contributed by atoms with E-state index < -0.39 is 11.7 Å². The van der Waals surface area contributed by atoms with Gasteiger partial charge in [-0.1, -0.05) is 0 Å². The third-order valence-electron chi connectivity index (χ3n) is 2.30. The van der Waals surface area contributed by atoms with Crippen LogP contribution in [-0.2, 0) is 6.18 Å². The van der Waals surface area contributed by atoms with Crippen molar-refractivity contribution in [1.82, 2.24) is 9.55 Å². The van der Waals surface area contributed by atoms with Crippen molar-refractivity contribution >= 4 is 45.6 Å². The number of alkyl halides is 3. The molecule has 1 unspecified atom stereocenters. The molecule has 2 aromatic rings. The molecule has 0 aliphatic heterocycles. The Labute approximate surface area is 109 Å². The van der Waals surface area contributed by atoms with Crippen LogP contribution >= 0.6 is 28.4 Å². The van der Waals surface area contributed by atoms with E-state index in [4.69, 9.17) is 0 Å². The Hall–Kier alpha value is -0.690. The van der Waals surface area contributed by atoms with Crippen LogP contribution in [0.2, 0.25) is 0 Å². The van der Waals surface area contributed by atoms with Crippen LogP contribution in [0.15, 0.2) is 18.3 Å². The summed E-state index contributed by atoms with van der Waals surface area (Å²) in [6.45, 7) is 0. The number of hydrogen-bond acceptors (Lipinski definition) is 2. The van der Waals surface area contributed by atoms with E-state index in [1.54, 1.807) is 4.45 Å². The fourth-order valence-corrected chi connectivity index (χ4v) is 3.11. The topological polar surface area (TPSA) is 34.9 Å². The lowest BCUT2D eigenvalue weighted by molar-refractivity contribution is -0.137. The molecular weight excluding hydrogens is 367 g/mol. The van der Waals surface area contributed by atoms with Gasteiger partial charge in [-0.25, -0.2) is 4.45 Å². The molecule has 0 aliphatic rings. The zero-order valence-electron chi connectivity index (χ0n) is 8.12. The highest BCUT2D eigenvalue weighted by molar-refractivity contribution is 14.2. The summed E-state index contributed by atoms with van der Waals surface area (Å²) in [5.74, 6) is 0. The van der Waals surface area contributed by atoms with Crippen LogP contribution in [0, 0.1) is 0 Å². The lowest BCUT2D eigenvalue weighted by Gasteiger charge is -2.09. The molecule has 8 heteroatoms. The molecule has 0 saturated heterocycles. The second-order valence-electron chi connectivity index (χ2n) is 3.22. The Morgan fingerprint density at radius 1 is 1.41 bits per heavy atom. The third-order valence-corrected chi connectivity index (χ3v) is 4.19. The van der Waals surface area contributed by atoms with Crippen molar-refractivity contribution in [2.75, 3.05) is 0 Å². The molecule has 1 heterocycles. The van der Waals surface area contributed by atoms with E-state index in [0.717, 1.165) is 6.07 Å². The van der Waals surface area contributed by atoms with E-state index in [1.165, 1.54) is 12.3 Å². The average molecular weight is 372 g/mol. The molecule has 0 bridgehead atoms. The Bertz CT molecular complexity index is 581. The quantitative estimate of drug-likeness (QED) is 0.458. The predicted molar refractivity (Wildman–Crippen MR) is 67.9 cm³/mol. The number of carbonyl (C=O) groups is 1. The van der Waals surface area contributed by atoms with Gasteiger partial charge in [-0.05, 0) is 34.2 Å². The zero-order valence-corrected chi connectivity index (χ0v) is 11.3. The van der Waals surface area contributed by atoms with Gasteiger partial charge >= 0.3 is 6.18 Å². The normalized spacial score (nSPS) is 12.7. The first-order valence-corrected chi connectivity index (χ1v) is 8.45. The summed E-state index contributed by atoms with van der Waals surface area (Å²) in [7, 11) is 0. The lowest BCUT2D eigenvalue weighted by Crippen LogP contribution is -2.09. The SMILES string of the molecule is O=Cc1c(C(F)(F)F)ccc2c1cnn2PI. The number of carbonyl (C=O) groups excluding carboxylic acids is 1.